The molecular formula is C11H10F3N3O3S2. The van der Waals surface area contributed by atoms with E-state index in [1.807, 2.05) is 0 Å². The van der Waals surface area contributed by atoms with Crippen LogP contribution in [0.1, 0.15) is 5.82 Å². The van der Waals surface area contributed by atoms with Crippen molar-refractivity contribution >= 4 is 21.6 Å². The number of aliphatic hydroxyl groups excluding tert-OH is 1. The van der Waals surface area contributed by atoms with E-state index in [9.17, 15) is 21.6 Å². The summed E-state index contributed by atoms with van der Waals surface area (Å²) in [5.41, 5.74) is -5.39. The molecule has 22 heavy (non-hydrogen) atoms. The van der Waals surface area contributed by atoms with E-state index in [-0.39, 0.29) is 15.9 Å². The summed E-state index contributed by atoms with van der Waals surface area (Å²) in [6.07, 6.45) is 0. The van der Waals surface area contributed by atoms with Crippen molar-refractivity contribution < 1.29 is 26.7 Å². The lowest BCUT2D eigenvalue weighted by atomic mass is 10.4. The van der Waals surface area contributed by atoms with Gasteiger partial charge < -0.3 is 9.67 Å². The molecule has 6 nitrogen and oxygen atoms in total. The second-order valence-corrected chi connectivity index (χ2v) is 7.03. The van der Waals surface area contributed by atoms with Crippen LogP contribution in [0.3, 0.4) is 0 Å². The van der Waals surface area contributed by atoms with E-state index in [0.717, 1.165) is 17.8 Å². The first-order chi connectivity index (χ1) is 10.2. The molecule has 0 radical (unpaired) electrons. The molecule has 0 bridgehead atoms. The molecular weight excluding hydrogens is 343 g/mol. The largest absolute Gasteiger partial charge is 0.501 e. The van der Waals surface area contributed by atoms with Crippen molar-refractivity contribution in [2.24, 2.45) is 7.05 Å². The van der Waals surface area contributed by atoms with Crippen LogP contribution in [0.2, 0.25) is 0 Å². The minimum absolute atomic E-state index is 0.125. The van der Waals surface area contributed by atoms with Gasteiger partial charge in [0.1, 0.15) is 6.61 Å². The fraction of sp³-hybridized carbons (Fsp3) is 0.273. The minimum atomic E-state index is -5.47. The van der Waals surface area contributed by atoms with Crippen LogP contribution in [0.25, 0.3) is 0 Å². The molecule has 120 valence electrons. The third kappa shape index (κ3) is 2.96. The average molecular weight is 353 g/mol. The fourth-order valence-corrected chi connectivity index (χ4v) is 3.68. The van der Waals surface area contributed by atoms with Gasteiger partial charge in [0.15, 0.2) is 11.0 Å². The van der Waals surface area contributed by atoms with Crippen LogP contribution in [-0.4, -0.2) is 33.8 Å². The van der Waals surface area contributed by atoms with E-state index in [1.165, 1.54) is 29.8 Å². The fourth-order valence-electron chi connectivity index (χ4n) is 1.55. The third-order valence-corrected chi connectivity index (χ3v) is 5.50. The first-order valence-electron chi connectivity index (χ1n) is 5.76. The second-order valence-electron chi connectivity index (χ2n) is 4.11. The van der Waals surface area contributed by atoms with E-state index < -0.39 is 26.8 Å². The number of alkyl halides is 3. The van der Waals surface area contributed by atoms with Crippen molar-refractivity contribution in [3.63, 3.8) is 0 Å². The van der Waals surface area contributed by atoms with Crippen molar-refractivity contribution in [3.05, 3.63) is 30.1 Å². The average Bonchev–Trinajstić information content (AvgIpc) is 2.79. The number of rotatable bonds is 4. The van der Waals surface area contributed by atoms with Gasteiger partial charge in [-0.05, 0) is 23.9 Å². The summed E-state index contributed by atoms with van der Waals surface area (Å²) < 4.78 is 62.7. The molecule has 0 aliphatic heterocycles. The molecule has 2 rings (SSSR count). The molecule has 0 spiro atoms. The maximum absolute atomic E-state index is 12.7. The highest BCUT2D eigenvalue weighted by Crippen LogP contribution is 2.37. The number of aliphatic hydroxyl groups is 1. The smallest absolute Gasteiger partial charge is 0.388 e. The molecule has 0 atom stereocenters. The highest BCUT2D eigenvalue weighted by Gasteiger charge is 2.48. The zero-order valence-electron chi connectivity index (χ0n) is 11.1. The van der Waals surface area contributed by atoms with Gasteiger partial charge in [0.05, 0.1) is 4.90 Å². The topological polar surface area (TPSA) is 85.1 Å². The van der Waals surface area contributed by atoms with Gasteiger partial charge in [0.25, 0.3) is 9.84 Å². The van der Waals surface area contributed by atoms with Crippen LogP contribution in [-0.2, 0) is 23.5 Å². The van der Waals surface area contributed by atoms with E-state index in [2.05, 4.69) is 10.2 Å². The number of hydrogen-bond donors (Lipinski definition) is 1. The Bertz CT molecular complexity index is 787. The van der Waals surface area contributed by atoms with Crippen molar-refractivity contribution in [1.82, 2.24) is 14.8 Å². The van der Waals surface area contributed by atoms with Crippen LogP contribution in [0.5, 0.6) is 0 Å². The lowest BCUT2D eigenvalue weighted by Gasteiger charge is -2.11. The van der Waals surface area contributed by atoms with E-state index in [0.29, 0.717) is 0 Å². The molecule has 1 heterocycles. The maximum atomic E-state index is 12.7. The van der Waals surface area contributed by atoms with E-state index >= 15 is 0 Å². The Morgan fingerprint density at radius 1 is 1.27 bits per heavy atom. The van der Waals surface area contributed by atoms with Crippen molar-refractivity contribution in [2.45, 2.75) is 27.1 Å². The molecule has 0 aliphatic rings. The third-order valence-electron chi connectivity index (χ3n) is 2.71. The van der Waals surface area contributed by atoms with Gasteiger partial charge >= 0.3 is 5.51 Å². The Balaban J connectivity index is 2.48. The Morgan fingerprint density at radius 3 is 2.45 bits per heavy atom. The molecule has 0 aliphatic carbocycles. The molecule has 0 saturated carbocycles. The summed E-state index contributed by atoms with van der Waals surface area (Å²) in [5.74, 6) is 0.207. The number of sulfone groups is 1. The van der Waals surface area contributed by atoms with Crippen LogP contribution in [0.4, 0.5) is 13.2 Å². The van der Waals surface area contributed by atoms with Gasteiger partial charge in [-0.25, -0.2) is 8.42 Å². The summed E-state index contributed by atoms with van der Waals surface area (Å²) >= 11 is 0.719. The van der Waals surface area contributed by atoms with Gasteiger partial charge in [-0.15, -0.1) is 10.2 Å². The monoisotopic (exact) mass is 353 g/mol. The van der Waals surface area contributed by atoms with Gasteiger partial charge in [0.2, 0.25) is 0 Å². The molecule has 0 unspecified atom stereocenters. The first-order valence-corrected chi connectivity index (χ1v) is 8.06. The summed E-state index contributed by atoms with van der Waals surface area (Å²) in [6, 6.07) is 4.75. The summed E-state index contributed by atoms with van der Waals surface area (Å²) in [7, 11) is -3.96. The number of aromatic nitrogens is 3. The van der Waals surface area contributed by atoms with Crippen LogP contribution in [0.15, 0.2) is 39.2 Å². The number of benzene rings is 1. The summed E-state index contributed by atoms with van der Waals surface area (Å²) in [6.45, 7) is -0.396. The normalized spacial score (nSPS) is 12.6. The lowest BCUT2D eigenvalue weighted by Crippen LogP contribution is -2.23. The Labute approximate surface area is 127 Å². The summed E-state index contributed by atoms with van der Waals surface area (Å²) in [5, 5.41) is 16.5. The van der Waals surface area contributed by atoms with E-state index in [4.69, 9.17) is 5.11 Å². The quantitative estimate of drug-likeness (QED) is 0.901. The molecule has 2 aromatic rings. The number of halogens is 3. The second kappa shape index (κ2) is 5.89. The molecule has 11 heteroatoms. The molecule has 1 aromatic carbocycles. The van der Waals surface area contributed by atoms with Crippen molar-refractivity contribution in [3.8, 4) is 0 Å². The van der Waals surface area contributed by atoms with Gasteiger partial charge in [-0.2, -0.15) is 13.2 Å². The molecule has 0 fully saturated rings. The summed E-state index contributed by atoms with van der Waals surface area (Å²) in [4.78, 5) is -0.971. The predicted molar refractivity (Wildman–Crippen MR) is 70.7 cm³/mol. The number of hydrogen-bond acceptors (Lipinski definition) is 6. The van der Waals surface area contributed by atoms with Gasteiger partial charge in [0, 0.05) is 11.9 Å². The minimum Gasteiger partial charge on any atom is -0.388 e. The first kappa shape index (κ1) is 16.8. The van der Waals surface area contributed by atoms with E-state index in [1.54, 1.807) is 0 Å². The molecule has 0 amide bonds. The van der Waals surface area contributed by atoms with Crippen molar-refractivity contribution in [2.75, 3.05) is 0 Å². The van der Waals surface area contributed by atoms with Gasteiger partial charge in [-0.3, -0.25) is 0 Å². The molecule has 0 saturated heterocycles. The molecule has 1 N–H and O–H groups in total. The lowest BCUT2D eigenvalue weighted by molar-refractivity contribution is -0.0437. The zero-order chi connectivity index (χ0) is 16.5. The SMILES string of the molecule is Cn1c(CO)nnc1Sc1ccccc1S(=O)(=O)C(F)(F)F. The van der Waals surface area contributed by atoms with Crippen molar-refractivity contribution in [1.29, 1.82) is 0 Å². The highest BCUT2D eigenvalue weighted by atomic mass is 32.2. The van der Waals surface area contributed by atoms with Crippen LogP contribution < -0.4 is 0 Å². The standard InChI is InChI=1S/C11H10F3N3O3S2/c1-17-9(6-18)15-16-10(17)21-7-4-2-3-5-8(7)22(19,20)11(12,13)14/h2-5,18H,6H2,1H3. The van der Waals surface area contributed by atoms with Gasteiger partial charge in [-0.1, -0.05) is 12.1 Å². The van der Waals surface area contributed by atoms with Crippen LogP contribution in [0, 0.1) is 0 Å². The van der Waals surface area contributed by atoms with Crippen LogP contribution >= 0.6 is 11.8 Å². The highest BCUT2D eigenvalue weighted by molar-refractivity contribution is 8.00. The number of nitrogens with zero attached hydrogens (tertiary/aromatic N) is 3. The molecule has 1 aromatic heterocycles. The Hall–Kier alpha value is -1.59. The predicted octanol–water partition coefficient (Wildman–Crippen LogP) is 1.75. The Kier molecular flexibility index (Phi) is 4.49. The Morgan fingerprint density at radius 2 is 1.91 bits per heavy atom. The zero-order valence-corrected chi connectivity index (χ0v) is 12.7. The maximum Gasteiger partial charge on any atom is 0.501 e.